The zero-order valence-corrected chi connectivity index (χ0v) is 17.5. The molecule has 8 heteroatoms. The smallest absolute Gasteiger partial charge is 0.251 e. The van der Waals surface area contributed by atoms with Crippen LogP contribution in [-0.2, 0) is 13.6 Å². The molecule has 2 heterocycles. The largest absolute Gasteiger partial charge is 0.457 e. The Morgan fingerprint density at radius 3 is 2.59 bits per heavy atom. The lowest BCUT2D eigenvalue weighted by molar-refractivity contribution is 0.0950. The van der Waals surface area contributed by atoms with Gasteiger partial charge in [0.05, 0.1) is 11.9 Å². The van der Waals surface area contributed by atoms with Crippen LogP contribution in [0.15, 0.2) is 67.1 Å². The highest BCUT2D eigenvalue weighted by molar-refractivity contribution is 5.94. The summed E-state index contributed by atoms with van der Waals surface area (Å²) in [7, 11) is 1.83. The van der Waals surface area contributed by atoms with Crippen LogP contribution in [-0.4, -0.2) is 20.7 Å². The molecule has 2 aromatic heterocycles. The summed E-state index contributed by atoms with van der Waals surface area (Å²) in [5, 5.41) is 6.82. The van der Waals surface area contributed by atoms with Gasteiger partial charge in [-0.05, 0) is 48.4 Å². The Labute approximate surface area is 183 Å². The number of halogens is 2. The molecule has 0 aliphatic heterocycles. The van der Waals surface area contributed by atoms with Gasteiger partial charge in [-0.15, -0.1) is 0 Å². The van der Waals surface area contributed by atoms with Gasteiger partial charge in [-0.1, -0.05) is 6.07 Å². The maximum absolute atomic E-state index is 13.3. The number of nitrogens with zero attached hydrogens (tertiary/aromatic N) is 3. The number of hydrogen-bond donors (Lipinski definition) is 1. The third kappa shape index (κ3) is 4.97. The molecule has 0 aliphatic carbocycles. The Bertz CT molecular complexity index is 1270. The van der Waals surface area contributed by atoms with Gasteiger partial charge in [-0.25, -0.2) is 8.78 Å². The van der Waals surface area contributed by atoms with E-state index in [4.69, 9.17) is 4.74 Å². The molecular formula is C24H20F2N4O2. The van der Waals surface area contributed by atoms with E-state index in [2.05, 4.69) is 15.4 Å². The average Bonchev–Trinajstić information content (AvgIpc) is 3.19. The van der Waals surface area contributed by atoms with Crippen LogP contribution in [0.1, 0.15) is 21.5 Å². The molecule has 1 amide bonds. The highest BCUT2D eigenvalue weighted by atomic mass is 19.1. The fourth-order valence-corrected chi connectivity index (χ4v) is 3.16. The van der Waals surface area contributed by atoms with Gasteiger partial charge in [0, 0.05) is 49.2 Å². The highest BCUT2D eigenvalue weighted by Crippen LogP contribution is 2.28. The van der Waals surface area contributed by atoms with Crippen molar-refractivity contribution in [2.45, 2.75) is 13.5 Å². The normalized spacial score (nSPS) is 10.8. The molecule has 0 radical (unpaired) electrons. The zero-order valence-electron chi connectivity index (χ0n) is 17.5. The SMILES string of the molecule is Cc1ccc(C(=O)NCc2cc(F)cc(F)c2)cc1Oc1ccnc(-c2cnn(C)c2)c1. The maximum atomic E-state index is 13.3. The highest BCUT2D eigenvalue weighted by Gasteiger charge is 2.11. The number of ether oxygens (including phenoxy) is 1. The average molecular weight is 434 g/mol. The summed E-state index contributed by atoms with van der Waals surface area (Å²) in [4.78, 5) is 16.9. The molecule has 6 nitrogen and oxygen atoms in total. The topological polar surface area (TPSA) is 69.0 Å². The summed E-state index contributed by atoms with van der Waals surface area (Å²) >= 11 is 0. The van der Waals surface area contributed by atoms with Gasteiger partial charge in [0.1, 0.15) is 23.1 Å². The molecule has 0 unspecified atom stereocenters. The molecule has 32 heavy (non-hydrogen) atoms. The van der Waals surface area contributed by atoms with Crippen molar-refractivity contribution >= 4 is 5.91 Å². The minimum absolute atomic E-state index is 0.00357. The molecule has 162 valence electrons. The lowest BCUT2D eigenvalue weighted by atomic mass is 10.1. The van der Waals surface area contributed by atoms with Crippen molar-refractivity contribution in [2.24, 2.45) is 7.05 Å². The van der Waals surface area contributed by atoms with E-state index in [9.17, 15) is 13.6 Å². The Morgan fingerprint density at radius 2 is 1.88 bits per heavy atom. The van der Waals surface area contributed by atoms with E-state index in [0.29, 0.717) is 28.3 Å². The summed E-state index contributed by atoms with van der Waals surface area (Å²) in [5.41, 5.74) is 3.11. The quantitative estimate of drug-likeness (QED) is 0.474. The monoisotopic (exact) mass is 434 g/mol. The molecule has 4 rings (SSSR count). The van der Waals surface area contributed by atoms with Crippen molar-refractivity contribution in [3.05, 3.63) is 95.4 Å². The van der Waals surface area contributed by atoms with Crippen molar-refractivity contribution in [3.8, 4) is 22.8 Å². The number of rotatable bonds is 6. The molecule has 1 N–H and O–H groups in total. The van der Waals surface area contributed by atoms with Gasteiger partial charge in [-0.2, -0.15) is 5.10 Å². The molecule has 0 bridgehead atoms. The van der Waals surface area contributed by atoms with Gasteiger partial charge < -0.3 is 10.1 Å². The molecule has 0 saturated carbocycles. The first-order valence-corrected chi connectivity index (χ1v) is 9.84. The first-order valence-electron chi connectivity index (χ1n) is 9.84. The third-order valence-electron chi connectivity index (χ3n) is 4.79. The predicted molar refractivity (Wildman–Crippen MR) is 115 cm³/mol. The number of pyridine rings is 1. The van der Waals surface area contributed by atoms with Gasteiger partial charge in [0.2, 0.25) is 0 Å². The van der Waals surface area contributed by atoms with E-state index >= 15 is 0 Å². The second kappa shape index (κ2) is 8.97. The molecule has 2 aromatic carbocycles. The van der Waals surface area contributed by atoms with E-state index in [-0.39, 0.29) is 12.5 Å². The molecule has 0 atom stereocenters. The summed E-state index contributed by atoms with van der Waals surface area (Å²) in [6.07, 6.45) is 5.21. The molecule has 0 saturated heterocycles. The number of amides is 1. The first-order chi connectivity index (χ1) is 15.4. The number of nitrogens with one attached hydrogen (secondary N) is 1. The minimum atomic E-state index is -0.691. The Morgan fingerprint density at radius 1 is 1.09 bits per heavy atom. The molecular weight excluding hydrogens is 414 g/mol. The molecule has 4 aromatic rings. The summed E-state index contributed by atoms with van der Waals surface area (Å²) < 4.78 is 34.4. The van der Waals surface area contributed by atoms with Crippen LogP contribution in [0.25, 0.3) is 11.3 Å². The number of hydrogen-bond acceptors (Lipinski definition) is 4. The van der Waals surface area contributed by atoms with Crippen LogP contribution in [0.5, 0.6) is 11.5 Å². The van der Waals surface area contributed by atoms with Crippen LogP contribution in [0.3, 0.4) is 0 Å². The van der Waals surface area contributed by atoms with Crippen LogP contribution < -0.4 is 10.1 Å². The maximum Gasteiger partial charge on any atom is 0.251 e. The third-order valence-corrected chi connectivity index (χ3v) is 4.79. The minimum Gasteiger partial charge on any atom is -0.457 e. The van der Waals surface area contributed by atoms with Crippen molar-refractivity contribution in [3.63, 3.8) is 0 Å². The van der Waals surface area contributed by atoms with E-state index in [1.165, 1.54) is 12.1 Å². The molecule has 0 spiro atoms. The van der Waals surface area contributed by atoms with Crippen molar-refractivity contribution < 1.29 is 18.3 Å². The van der Waals surface area contributed by atoms with E-state index < -0.39 is 11.6 Å². The lowest BCUT2D eigenvalue weighted by Gasteiger charge is -2.12. The number of carbonyl (C=O) groups is 1. The lowest BCUT2D eigenvalue weighted by Crippen LogP contribution is -2.23. The summed E-state index contributed by atoms with van der Waals surface area (Å²) in [6, 6.07) is 11.7. The predicted octanol–water partition coefficient (Wildman–Crippen LogP) is 4.79. The second-order valence-corrected chi connectivity index (χ2v) is 7.32. The van der Waals surface area contributed by atoms with Gasteiger partial charge in [0.25, 0.3) is 5.91 Å². The molecule has 0 fully saturated rings. The Kier molecular flexibility index (Phi) is 5.93. The van der Waals surface area contributed by atoms with Gasteiger partial charge in [0.15, 0.2) is 0 Å². The number of aryl methyl sites for hydroxylation is 2. The Hall–Kier alpha value is -4.07. The van der Waals surface area contributed by atoms with Crippen LogP contribution in [0.2, 0.25) is 0 Å². The molecule has 0 aliphatic rings. The number of benzene rings is 2. The van der Waals surface area contributed by atoms with E-state index in [1.807, 2.05) is 20.2 Å². The fraction of sp³-hybridized carbons (Fsp3) is 0.125. The van der Waals surface area contributed by atoms with E-state index in [1.54, 1.807) is 47.4 Å². The number of aromatic nitrogens is 3. The Balaban J connectivity index is 1.49. The summed E-state index contributed by atoms with van der Waals surface area (Å²) in [6.45, 7) is 1.87. The van der Waals surface area contributed by atoms with Crippen molar-refractivity contribution in [2.75, 3.05) is 0 Å². The van der Waals surface area contributed by atoms with Crippen LogP contribution in [0.4, 0.5) is 8.78 Å². The second-order valence-electron chi connectivity index (χ2n) is 7.32. The van der Waals surface area contributed by atoms with Crippen LogP contribution in [0, 0.1) is 18.6 Å². The first kappa shape index (κ1) is 21.2. The van der Waals surface area contributed by atoms with Gasteiger partial charge in [-0.3, -0.25) is 14.5 Å². The van der Waals surface area contributed by atoms with Crippen LogP contribution >= 0.6 is 0 Å². The standard InChI is InChI=1S/C24H20F2N4O2/c1-15-3-4-17(24(31)28-12-16-7-19(25)10-20(26)8-16)9-23(15)32-21-5-6-27-22(11-21)18-13-29-30(2)14-18/h3-11,13-14H,12H2,1-2H3,(H,28,31). The fourth-order valence-electron chi connectivity index (χ4n) is 3.16. The van der Waals surface area contributed by atoms with Gasteiger partial charge >= 0.3 is 0 Å². The van der Waals surface area contributed by atoms with Crippen molar-refractivity contribution in [1.29, 1.82) is 0 Å². The summed E-state index contributed by atoms with van der Waals surface area (Å²) in [5.74, 6) is -0.690. The van der Waals surface area contributed by atoms with Crippen molar-refractivity contribution in [1.82, 2.24) is 20.1 Å². The number of carbonyl (C=O) groups excluding carboxylic acids is 1. The van der Waals surface area contributed by atoms with E-state index in [0.717, 1.165) is 17.2 Å². The zero-order chi connectivity index (χ0) is 22.7.